The molecular weight excluding hydrogens is 186 g/mol. The van der Waals surface area contributed by atoms with Crippen molar-refractivity contribution in [1.82, 2.24) is 5.32 Å². The summed E-state index contributed by atoms with van der Waals surface area (Å²) < 4.78 is 5.59. The van der Waals surface area contributed by atoms with E-state index in [0.717, 1.165) is 18.8 Å². The zero-order chi connectivity index (χ0) is 11.1. The van der Waals surface area contributed by atoms with Crippen LogP contribution in [0.1, 0.15) is 38.3 Å². The Bertz CT molecular complexity index is 268. The lowest BCUT2D eigenvalue weighted by molar-refractivity contribution is 0.309. The van der Waals surface area contributed by atoms with Gasteiger partial charge in [0.25, 0.3) is 0 Å². The first-order chi connectivity index (χ1) is 7.27. The summed E-state index contributed by atoms with van der Waals surface area (Å²) in [5.74, 6) is 0.968. The van der Waals surface area contributed by atoms with Gasteiger partial charge in [0.05, 0.1) is 6.61 Å². The van der Waals surface area contributed by atoms with Crippen molar-refractivity contribution in [2.75, 3.05) is 13.7 Å². The van der Waals surface area contributed by atoms with Crippen molar-refractivity contribution in [3.8, 4) is 5.75 Å². The van der Waals surface area contributed by atoms with Crippen molar-refractivity contribution in [3.63, 3.8) is 0 Å². The highest BCUT2D eigenvalue weighted by Gasteiger charge is 2.01. The van der Waals surface area contributed by atoms with E-state index in [-0.39, 0.29) is 0 Å². The highest BCUT2D eigenvalue weighted by molar-refractivity contribution is 5.28. The summed E-state index contributed by atoms with van der Waals surface area (Å²) in [6.07, 6.45) is 2.30. The van der Waals surface area contributed by atoms with Gasteiger partial charge in [0, 0.05) is 6.04 Å². The molecule has 1 aromatic rings. The second-order valence-electron chi connectivity index (χ2n) is 3.78. The number of benzene rings is 1. The standard InChI is InChI=1S/C13H21NO/c1-4-5-10-15-13-8-6-12(7-9-13)11(2)14-3/h6-9,11,14H,4-5,10H2,1-3H3/t11-/m0/s1. The lowest BCUT2D eigenvalue weighted by Gasteiger charge is -2.11. The molecule has 0 amide bonds. The molecular formula is C13H21NO. The van der Waals surface area contributed by atoms with Gasteiger partial charge in [0.1, 0.15) is 5.75 Å². The number of rotatable bonds is 6. The number of unbranched alkanes of at least 4 members (excludes halogenated alkanes) is 1. The van der Waals surface area contributed by atoms with Crippen LogP contribution in [0.5, 0.6) is 5.75 Å². The van der Waals surface area contributed by atoms with Crippen LogP contribution in [0.3, 0.4) is 0 Å². The zero-order valence-electron chi connectivity index (χ0n) is 9.92. The van der Waals surface area contributed by atoms with Gasteiger partial charge in [0.15, 0.2) is 0 Å². The Kier molecular flexibility index (Phi) is 5.19. The Balaban J connectivity index is 2.49. The van der Waals surface area contributed by atoms with Crippen LogP contribution >= 0.6 is 0 Å². The van der Waals surface area contributed by atoms with Crippen molar-refractivity contribution in [3.05, 3.63) is 29.8 Å². The maximum Gasteiger partial charge on any atom is 0.119 e. The number of hydrogen-bond donors (Lipinski definition) is 1. The Hall–Kier alpha value is -1.02. The van der Waals surface area contributed by atoms with Crippen LogP contribution in [0.15, 0.2) is 24.3 Å². The Morgan fingerprint density at radius 3 is 2.47 bits per heavy atom. The molecule has 0 bridgehead atoms. The van der Waals surface area contributed by atoms with Gasteiger partial charge in [-0.15, -0.1) is 0 Å². The van der Waals surface area contributed by atoms with Gasteiger partial charge in [-0.2, -0.15) is 0 Å². The molecule has 15 heavy (non-hydrogen) atoms. The molecule has 1 aromatic carbocycles. The summed E-state index contributed by atoms with van der Waals surface area (Å²) in [5.41, 5.74) is 1.29. The zero-order valence-corrected chi connectivity index (χ0v) is 9.92. The fraction of sp³-hybridized carbons (Fsp3) is 0.538. The number of hydrogen-bond acceptors (Lipinski definition) is 2. The third-order valence-corrected chi connectivity index (χ3v) is 2.58. The quantitative estimate of drug-likeness (QED) is 0.723. The van der Waals surface area contributed by atoms with Gasteiger partial charge in [-0.1, -0.05) is 25.5 Å². The monoisotopic (exact) mass is 207 g/mol. The van der Waals surface area contributed by atoms with E-state index in [1.54, 1.807) is 0 Å². The maximum atomic E-state index is 5.59. The average molecular weight is 207 g/mol. The van der Waals surface area contributed by atoms with Crippen LogP contribution in [0.4, 0.5) is 0 Å². The van der Waals surface area contributed by atoms with Gasteiger partial charge in [-0.3, -0.25) is 0 Å². The van der Waals surface area contributed by atoms with Crippen LogP contribution in [0, 0.1) is 0 Å². The van der Waals surface area contributed by atoms with E-state index in [0.29, 0.717) is 6.04 Å². The largest absolute Gasteiger partial charge is 0.494 e. The second-order valence-corrected chi connectivity index (χ2v) is 3.78. The third-order valence-electron chi connectivity index (χ3n) is 2.58. The lowest BCUT2D eigenvalue weighted by atomic mass is 10.1. The van der Waals surface area contributed by atoms with Gasteiger partial charge >= 0.3 is 0 Å². The summed E-state index contributed by atoms with van der Waals surface area (Å²) >= 11 is 0. The van der Waals surface area contributed by atoms with E-state index in [2.05, 4.69) is 31.3 Å². The topological polar surface area (TPSA) is 21.3 Å². The Labute approximate surface area is 92.6 Å². The highest BCUT2D eigenvalue weighted by Crippen LogP contribution is 2.17. The summed E-state index contributed by atoms with van der Waals surface area (Å²) in [7, 11) is 1.97. The van der Waals surface area contributed by atoms with Crippen LogP contribution in [-0.4, -0.2) is 13.7 Å². The van der Waals surface area contributed by atoms with Crippen LogP contribution < -0.4 is 10.1 Å². The molecule has 0 radical (unpaired) electrons. The smallest absolute Gasteiger partial charge is 0.119 e. The Morgan fingerprint density at radius 1 is 1.27 bits per heavy atom. The molecule has 0 spiro atoms. The lowest BCUT2D eigenvalue weighted by Crippen LogP contribution is -2.11. The van der Waals surface area contributed by atoms with E-state index in [1.165, 1.54) is 12.0 Å². The van der Waals surface area contributed by atoms with E-state index < -0.39 is 0 Å². The first-order valence-electron chi connectivity index (χ1n) is 5.68. The molecule has 0 fully saturated rings. The van der Waals surface area contributed by atoms with Crippen LogP contribution in [0.25, 0.3) is 0 Å². The second kappa shape index (κ2) is 6.46. The third kappa shape index (κ3) is 3.92. The molecule has 1 atom stereocenters. The maximum absolute atomic E-state index is 5.59. The predicted molar refractivity (Wildman–Crippen MR) is 64.3 cm³/mol. The van der Waals surface area contributed by atoms with Crippen LogP contribution in [-0.2, 0) is 0 Å². The van der Waals surface area contributed by atoms with Crippen molar-refractivity contribution >= 4 is 0 Å². The fourth-order valence-electron chi connectivity index (χ4n) is 1.35. The average Bonchev–Trinajstić information content (AvgIpc) is 2.29. The molecule has 2 nitrogen and oxygen atoms in total. The van der Waals surface area contributed by atoms with Crippen molar-refractivity contribution in [2.24, 2.45) is 0 Å². The van der Waals surface area contributed by atoms with E-state index in [4.69, 9.17) is 4.74 Å². The SMILES string of the molecule is CCCCOc1ccc([C@H](C)NC)cc1. The molecule has 84 valence electrons. The van der Waals surface area contributed by atoms with E-state index >= 15 is 0 Å². The molecule has 0 saturated heterocycles. The normalized spacial score (nSPS) is 12.5. The van der Waals surface area contributed by atoms with Crippen LogP contribution in [0.2, 0.25) is 0 Å². The van der Waals surface area contributed by atoms with Crippen molar-refractivity contribution < 1.29 is 4.74 Å². The molecule has 0 aliphatic carbocycles. The highest BCUT2D eigenvalue weighted by atomic mass is 16.5. The fourth-order valence-corrected chi connectivity index (χ4v) is 1.35. The minimum absolute atomic E-state index is 0.398. The van der Waals surface area contributed by atoms with Crippen molar-refractivity contribution in [1.29, 1.82) is 0 Å². The number of nitrogens with one attached hydrogen (secondary N) is 1. The van der Waals surface area contributed by atoms with E-state index in [1.807, 2.05) is 19.2 Å². The molecule has 0 saturated carbocycles. The first kappa shape index (κ1) is 12.1. The molecule has 0 heterocycles. The van der Waals surface area contributed by atoms with Gasteiger partial charge in [-0.25, -0.2) is 0 Å². The minimum atomic E-state index is 0.398. The molecule has 0 unspecified atom stereocenters. The summed E-state index contributed by atoms with van der Waals surface area (Å²) in [4.78, 5) is 0. The van der Waals surface area contributed by atoms with Gasteiger partial charge < -0.3 is 10.1 Å². The number of ether oxygens (including phenoxy) is 1. The molecule has 1 rings (SSSR count). The molecule has 2 heteroatoms. The van der Waals surface area contributed by atoms with E-state index in [9.17, 15) is 0 Å². The molecule has 1 N–H and O–H groups in total. The van der Waals surface area contributed by atoms with Gasteiger partial charge in [-0.05, 0) is 38.1 Å². The van der Waals surface area contributed by atoms with Crippen molar-refractivity contribution in [2.45, 2.75) is 32.7 Å². The molecule has 0 aliphatic heterocycles. The molecule has 0 aromatic heterocycles. The first-order valence-corrected chi connectivity index (χ1v) is 5.68. The Morgan fingerprint density at radius 2 is 1.93 bits per heavy atom. The van der Waals surface area contributed by atoms with Gasteiger partial charge in [0.2, 0.25) is 0 Å². The molecule has 0 aliphatic rings. The summed E-state index contributed by atoms with van der Waals surface area (Å²) in [6.45, 7) is 5.13. The predicted octanol–water partition coefficient (Wildman–Crippen LogP) is 3.15. The minimum Gasteiger partial charge on any atom is -0.494 e. The summed E-state index contributed by atoms with van der Waals surface area (Å²) in [6, 6.07) is 8.71. The summed E-state index contributed by atoms with van der Waals surface area (Å²) in [5, 5.41) is 3.21.